The van der Waals surface area contributed by atoms with Crippen molar-refractivity contribution in [3.05, 3.63) is 18.3 Å². The van der Waals surface area contributed by atoms with Crippen molar-refractivity contribution in [1.82, 2.24) is 4.98 Å². The molecule has 3 atom stereocenters. The highest BCUT2D eigenvalue weighted by atomic mass is 16.5. The molecule has 2 rings (SSSR count). The normalized spacial score (nSPS) is 27.3. The molecule has 0 amide bonds. The van der Waals surface area contributed by atoms with Gasteiger partial charge in [-0.15, -0.1) is 0 Å². The van der Waals surface area contributed by atoms with Gasteiger partial charge in [0, 0.05) is 12.2 Å². The smallest absolute Gasteiger partial charge is 0.237 e. The topological polar surface area (TPSA) is 34.1 Å². The lowest BCUT2D eigenvalue weighted by atomic mass is 9.78. The van der Waals surface area contributed by atoms with E-state index in [1.807, 2.05) is 19.9 Å². The van der Waals surface area contributed by atoms with Crippen LogP contribution in [0, 0.1) is 11.8 Å². The van der Waals surface area contributed by atoms with Crippen molar-refractivity contribution < 1.29 is 4.74 Å². The zero-order chi connectivity index (χ0) is 13.8. The summed E-state index contributed by atoms with van der Waals surface area (Å²) in [5, 5.41) is 3.65. The number of rotatable bonds is 4. The Morgan fingerprint density at radius 3 is 2.84 bits per heavy atom. The Balaban J connectivity index is 2.09. The predicted molar refractivity (Wildman–Crippen MR) is 79.6 cm³/mol. The average molecular weight is 262 g/mol. The van der Waals surface area contributed by atoms with E-state index < -0.39 is 0 Å². The lowest BCUT2D eigenvalue weighted by Gasteiger charge is -2.35. The lowest BCUT2D eigenvalue weighted by Crippen LogP contribution is -2.35. The number of nitrogens with zero attached hydrogens (tertiary/aromatic N) is 1. The molecule has 106 valence electrons. The molecule has 1 saturated carbocycles. The molecule has 3 nitrogen and oxygen atoms in total. The first kappa shape index (κ1) is 14.2. The summed E-state index contributed by atoms with van der Waals surface area (Å²) in [7, 11) is 0. The van der Waals surface area contributed by atoms with Gasteiger partial charge in [-0.3, -0.25) is 0 Å². The van der Waals surface area contributed by atoms with Crippen molar-refractivity contribution >= 4 is 5.69 Å². The Morgan fingerprint density at radius 2 is 2.11 bits per heavy atom. The highest BCUT2D eigenvalue weighted by molar-refractivity contribution is 5.53. The fourth-order valence-electron chi connectivity index (χ4n) is 2.80. The van der Waals surface area contributed by atoms with Gasteiger partial charge in [0.2, 0.25) is 5.88 Å². The van der Waals surface area contributed by atoms with Crippen molar-refractivity contribution in [2.24, 2.45) is 11.8 Å². The van der Waals surface area contributed by atoms with Crippen molar-refractivity contribution in [2.45, 2.75) is 59.1 Å². The van der Waals surface area contributed by atoms with Crippen LogP contribution in [0.3, 0.4) is 0 Å². The van der Waals surface area contributed by atoms with Crippen LogP contribution in [0.15, 0.2) is 18.3 Å². The lowest BCUT2D eigenvalue weighted by molar-refractivity contribution is 0.230. The van der Waals surface area contributed by atoms with Crippen LogP contribution in [0.2, 0.25) is 0 Å². The summed E-state index contributed by atoms with van der Waals surface area (Å²) in [6.07, 6.45) is 5.83. The standard InChI is InChI=1S/C16H26N2O/c1-11(2)19-16-15(9-6-10-17-16)18-14-8-5-7-12(3)13(14)4/h6,9-14,18H,5,7-8H2,1-4H3. The summed E-state index contributed by atoms with van der Waals surface area (Å²) >= 11 is 0. The van der Waals surface area contributed by atoms with Gasteiger partial charge in [0.15, 0.2) is 0 Å². The molecule has 1 aliphatic rings. The van der Waals surface area contributed by atoms with E-state index in [4.69, 9.17) is 4.74 Å². The van der Waals surface area contributed by atoms with Gasteiger partial charge in [0.05, 0.1) is 11.8 Å². The van der Waals surface area contributed by atoms with Crippen molar-refractivity contribution in [2.75, 3.05) is 5.32 Å². The minimum Gasteiger partial charge on any atom is -0.473 e. The molecule has 1 N–H and O–H groups in total. The van der Waals surface area contributed by atoms with E-state index in [0.717, 1.165) is 17.5 Å². The summed E-state index contributed by atoms with van der Waals surface area (Å²) in [6.45, 7) is 8.77. The van der Waals surface area contributed by atoms with Crippen LogP contribution in [0.1, 0.15) is 47.0 Å². The van der Waals surface area contributed by atoms with Crippen LogP contribution < -0.4 is 10.1 Å². The van der Waals surface area contributed by atoms with Crippen LogP contribution in [0.5, 0.6) is 5.88 Å². The van der Waals surface area contributed by atoms with E-state index in [9.17, 15) is 0 Å². The van der Waals surface area contributed by atoms with Crippen LogP contribution in [0.4, 0.5) is 5.69 Å². The third-order valence-electron chi connectivity index (χ3n) is 4.17. The maximum absolute atomic E-state index is 5.78. The molecule has 1 heterocycles. The second-order valence-electron chi connectivity index (χ2n) is 6.04. The van der Waals surface area contributed by atoms with Crippen LogP contribution in [-0.2, 0) is 0 Å². The highest BCUT2D eigenvalue weighted by Crippen LogP contribution is 2.33. The molecular weight excluding hydrogens is 236 g/mol. The predicted octanol–water partition coefficient (Wildman–Crippen LogP) is 4.11. The minimum absolute atomic E-state index is 0.151. The van der Waals surface area contributed by atoms with Gasteiger partial charge in [-0.25, -0.2) is 4.98 Å². The summed E-state index contributed by atoms with van der Waals surface area (Å²) < 4.78 is 5.78. The third-order valence-corrected chi connectivity index (χ3v) is 4.17. The van der Waals surface area contributed by atoms with Gasteiger partial charge >= 0.3 is 0 Å². The fourth-order valence-corrected chi connectivity index (χ4v) is 2.80. The molecule has 0 bridgehead atoms. The van der Waals surface area contributed by atoms with Crippen LogP contribution >= 0.6 is 0 Å². The number of anilines is 1. The van der Waals surface area contributed by atoms with Crippen LogP contribution in [0.25, 0.3) is 0 Å². The van der Waals surface area contributed by atoms with Gasteiger partial charge < -0.3 is 10.1 Å². The van der Waals surface area contributed by atoms with E-state index in [-0.39, 0.29) is 6.10 Å². The zero-order valence-electron chi connectivity index (χ0n) is 12.5. The molecule has 0 aliphatic heterocycles. The van der Waals surface area contributed by atoms with E-state index >= 15 is 0 Å². The molecule has 1 fully saturated rings. The molecule has 1 aliphatic carbocycles. The third kappa shape index (κ3) is 3.62. The van der Waals surface area contributed by atoms with E-state index in [1.54, 1.807) is 6.20 Å². The van der Waals surface area contributed by atoms with Gasteiger partial charge in [-0.05, 0) is 44.2 Å². The van der Waals surface area contributed by atoms with E-state index in [1.165, 1.54) is 19.3 Å². The zero-order valence-corrected chi connectivity index (χ0v) is 12.5. The maximum Gasteiger partial charge on any atom is 0.237 e. The molecule has 19 heavy (non-hydrogen) atoms. The summed E-state index contributed by atoms with van der Waals surface area (Å²) in [5.74, 6) is 2.21. The van der Waals surface area contributed by atoms with Gasteiger partial charge in [0.25, 0.3) is 0 Å². The fraction of sp³-hybridized carbons (Fsp3) is 0.688. The minimum atomic E-state index is 0.151. The van der Waals surface area contributed by atoms with Gasteiger partial charge in [-0.2, -0.15) is 0 Å². The summed E-state index contributed by atoms with van der Waals surface area (Å²) in [4.78, 5) is 4.34. The molecule has 0 spiro atoms. The summed E-state index contributed by atoms with van der Waals surface area (Å²) in [5.41, 5.74) is 1.03. The number of pyridine rings is 1. The Hall–Kier alpha value is -1.25. The van der Waals surface area contributed by atoms with Crippen molar-refractivity contribution in [3.8, 4) is 5.88 Å². The molecule has 0 aromatic carbocycles. The van der Waals surface area contributed by atoms with Gasteiger partial charge in [0.1, 0.15) is 0 Å². The van der Waals surface area contributed by atoms with Crippen molar-refractivity contribution in [1.29, 1.82) is 0 Å². The maximum atomic E-state index is 5.78. The molecular formula is C16H26N2O. The number of hydrogen-bond acceptors (Lipinski definition) is 3. The summed E-state index contributed by atoms with van der Waals surface area (Å²) in [6, 6.07) is 4.56. The second-order valence-corrected chi connectivity index (χ2v) is 6.04. The number of hydrogen-bond donors (Lipinski definition) is 1. The Labute approximate surface area is 116 Å². The molecule has 3 unspecified atom stereocenters. The Bertz CT molecular complexity index is 405. The monoisotopic (exact) mass is 262 g/mol. The molecule has 3 heteroatoms. The first-order chi connectivity index (χ1) is 9.08. The van der Waals surface area contributed by atoms with Crippen molar-refractivity contribution in [3.63, 3.8) is 0 Å². The molecule has 0 saturated heterocycles. The Morgan fingerprint density at radius 1 is 1.32 bits per heavy atom. The van der Waals surface area contributed by atoms with E-state index in [2.05, 4.69) is 30.2 Å². The van der Waals surface area contributed by atoms with E-state index in [0.29, 0.717) is 12.0 Å². The molecule has 0 radical (unpaired) electrons. The highest BCUT2D eigenvalue weighted by Gasteiger charge is 2.27. The largest absolute Gasteiger partial charge is 0.473 e. The quantitative estimate of drug-likeness (QED) is 0.886. The first-order valence-corrected chi connectivity index (χ1v) is 7.46. The average Bonchev–Trinajstić information content (AvgIpc) is 2.36. The number of ether oxygens (including phenoxy) is 1. The molecule has 1 aromatic rings. The van der Waals surface area contributed by atoms with Gasteiger partial charge in [-0.1, -0.05) is 26.7 Å². The molecule has 1 aromatic heterocycles. The number of aromatic nitrogens is 1. The first-order valence-electron chi connectivity index (χ1n) is 7.46. The SMILES string of the molecule is CC(C)Oc1ncccc1NC1CCCC(C)C1C. The number of nitrogens with one attached hydrogen (secondary N) is 1. The van der Waals surface area contributed by atoms with Crippen LogP contribution in [-0.4, -0.2) is 17.1 Å². The second kappa shape index (κ2) is 6.27. The Kier molecular flexibility index (Phi) is 4.67.